The molecule has 1 unspecified atom stereocenters. The Kier molecular flexibility index (Phi) is 7.48. The summed E-state index contributed by atoms with van der Waals surface area (Å²) < 4.78 is 0.462. The van der Waals surface area contributed by atoms with E-state index in [4.69, 9.17) is 22.4 Å². The highest BCUT2D eigenvalue weighted by Gasteiger charge is 2.32. The highest BCUT2D eigenvalue weighted by atomic mass is 32.2. The van der Waals surface area contributed by atoms with E-state index in [0.29, 0.717) is 22.2 Å². The van der Waals surface area contributed by atoms with E-state index in [1.165, 1.54) is 22.2 Å². The summed E-state index contributed by atoms with van der Waals surface area (Å²) in [5.41, 5.74) is 5.22. The molecule has 2 aliphatic rings. The van der Waals surface area contributed by atoms with Crippen molar-refractivity contribution in [3.05, 3.63) is 107 Å². The van der Waals surface area contributed by atoms with Gasteiger partial charge in [-0.2, -0.15) is 5.10 Å². The third-order valence-electron chi connectivity index (χ3n) is 6.30. The summed E-state index contributed by atoms with van der Waals surface area (Å²) >= 11 is 6.60. The Hall–Kier alpha value is -3.75. The number of hydrogen-bond donors (Lipinski definition) is 1. The summed E-state index contributed by atoms with van der Waals surface area (Å²) in [5, 5.41) is 15.9. The second-order valence-electron chi connectivity index (χ2n) is 8.81. The van der Waals surface area contributed by atoms with E-state index in [-0.39, 0.29) is 18.4 Å². The number of nitrogens with zero attached hydrogens (tertiary/aromatic N) is 3. The lowest BCUT2D eigenvalue weighted by molar-refractivity contribution is -0.137. The second kappa shape index (κ2) is 11.1. The molecule has 0 aliphatic carbocycles. The summed E-state index contributed by atoms with van der Waals surface area (Å²) in [7, 11) is 0. The molecule has 8 heteroatoms. The Morgan fingerprint density at radius 1 is 1.03 bits per heavy atom. The minimum atomic E-state index is -0.881. The molecule has 37 heavy (non-hydrogen) atoms. The fourth-order valence-corrected chi connectivity index (χ4v) is 5.75. The van der Waals surface area contributed by atoms with E-state index in [0.717, 1.165) is 28.9 Å². The normalized spacial score (nSPS) is 18.5. The lowest BCUT2D eigenvalue weighted by Crippen LogP contribution is -2.29. The van der Waals surface area contributed by atoms with Crippen molar-refractivity contribution in [1.82, 2.24) is 4.90 Å². The summed E-state index contributed by atoms with van der Waals surface area (Å²) in [6.07, 6.45) is 3.01. The number of aliphatic carboxylic acids is 1. The van der Waals surface area contributed by atoms with Gasteiger partial charge in [-0.1, -0.05) is 96.8 Å². The molecule has 6 nitrogen and oxygen atoms in total. The number of carbonyl (C=O) groups excluding carboxylic acids is 1. The molecular weight excluding hydrogens is 502 g/mol. The first-order chi connectivity index (χ1) is 18.0. The topological polar surface area (TPSA) is 73.2 Å². The van der Waals surface area contributed by atoms with Gasteiger partial charge in [-0.25, -0.2) is 0 Å². The van der Waals surface area contributed by atoms with Gasteiger partial charge in [0.05, 0.1) is 22.3 Å². The maximum atomic E-state index is 12.8. The summed E-state index contributed by atoms with van der Waals surface area (Å²) in [6.45, 7) is 0.310. The molecule has 1 amide bonds. The number of amides is 1. The highest BCUT2D eigenvalue weighted by molar-refractivity contribution is 8.26. The van der Waals surface area contributed by atoms with Crippen molar-refractivity contribution in [1.29, 1.82) is 0 Å². The standard InChI is InChI=1S/C29H25N3O3S2/c33-27(34)12-7-17-31-28(35)26(37-29(31)36)18-20-13-15-23(16-14-20)32-25(22-10-5-2-6-11-22)19-24(30-32)21-8-3-1-4-9-21/h1-6,8-11,13-16,18,25H,7,12,17,19H2,(H,33,34). The van der Waals surface area contributed by atoms with Gasteiger partial charge in [0.15, 0.2) is 0 Å². The quantitative estimate of drug-likeness (QED) is 0.282. The van der Waals surface area contributed by atoms with Crippen LogP contribution in [-0.2, 0) is 9.59 Å². The Morgan fingerprint density at radius 2 is 1.70 bits per heavy atom. The number of rotatable bonds is 8. The van der Waals surface area contributed by atoms with Crippen molar-refractivity contribution < 1.29 is 14.7 Å². The van der Waals surface area contributed by atoms with E-state index in [2.05, 4.69) is 41.4 Å². The van der Waals surface area contributed by atoms with E-state index in [1.807, 2.05) is 54.6 Å². The van der Waals surface area contributed by atoms with Crippen molar-refractivity contribution >= 4 is 57.7 Å². The molecule has 3 aromatic carbocycles. The Morgan fingerprint density at radius 3 is 2.38 bits per heavy atom. The zero-order valence-electron chi connectivity index (χ0n) is 20.0. The summed E-state index contributed by atoms with van der Waals surface area (Å²) in [5.74, 6) is -1.06. The van der Waals surface area contributed by atoms with E-state index < -0.39 is 5.97 Å². The third-order valence-corrected chi connectivity index (χ3v) is 7.68. The SMILES string of the molecule is O=C(O)CCCN1C(=O)C(=Cc2ccc(N3N=C(c4ccccc4)CC3c3ccccc3)cc2)SC1=S. The van der Waals surface area contributed by atoms with Crippen molar-refractivity contribution in [2.24, 2.45) is 5.10 Å². The number of thioether (sulfide) groups is 1. The largest absolute Gasteiger partial charge is 0.481 e. The third kappa shape index (κ3) is 5.65. The monoisotopic (exact) mass is 527 g/mol. The molecule has 0 bridgehead atoms. The van der Waals surface area contributed by atoms with Gasteiger partial charge >= 0.3 is 5.97 Å². The van der Waals surface area contributed by atoms with Crippen LogP contribution in [0.15, 0.2) is 94.9 Å². The fraction of sp³-hybridized carbons (Fsp3) is 0.172. The molecule has 186 valence electrons. The Labute approximate surface area is 225 Å². The highest BCUT2D eigenvalue weighted by Crippen LogP contribution is 2.37. The maximum Gasteiger partial charge on any atom is 0.303 e. The Balaban J connectivity index is 1.36. The fourth-order valence-electron chi connectivity index (χ4n) is 4.44. The number of hydrazone groups is 1. The molecule has 1 fully saturated rings. The number of carboxylic acid groups (broad SMARTS) is 1. The van der Waals surface area contributed by atoms with Crippen molar-refractivity contribution in [2.45, 2.75) is 25.3 Å². The predicted molar refractivity (Wildman–Crippen MR) is 152 cm³/mol. The number of hydrogen-bond acceptors (Lipinski definition) is 6. The van der Waals surface area contributed by atoms with Gasteiger partial charge in [0.1, 0.15) is 4.32 Å². The zero-order chi connectivity index (χ0) is 25.8. The number of thiocarbonyl (C=S) groups is 1. The molecule has 0 spiro atoms. The van der Waals surface area contributed by atoms with Gasteiger partial charge in [0, 0.05) is 19.4 Å². The smallest absolute Gasteiger partial charge is 0.303 e. The first-order valence-electron chi connectivity index (χ1n) is 12.0. The van der Waals surface area contributed by atoms with Gasteiger partial charge in [0.2, 0.25) is 0 Å². The molecule has 5 rings (SSSR count). The van der Waals surface area contributed by atoms with Gasteiger partial charge in [0.25, 0.3) is 5.91 Å². The molecule has 1 saturated heterocycles. The first-order valence-corrected chi connectivity index (χ1v) is 13.3. The van der Waals surface area contributed by atoms with Gasteiger partial charge in [-0.15, -0.1) is 0 Å². The van der Waals surface area contributed by atoms with Crippen LogP contribution < -0.4 is 5.01 Å². The van der Waals surface area contributed by atoms with Crippen molar-refractivity contribution in [2.75, 3.05) is 11.6 Å². The molecule has 1 N–H and O–H groups in total. The van der Waals surface area contributed by atoms with Crippen LogP contribution in [0.25, 0.3) is 6.08 Å². The second-order valence-corrected chi connectivity index (χ2v) is 10.5. The summed E-state index contributed by atoms with van der Waals surface area (Å²) in [4.78, 5) is 25.6. The molecule has 0 aromatic heterocycles. The zero-order valence-corrected chi connectivity index (χ0v) is 21.6. The van der Waals surface area contributed by atoms with Gasteiger partial charge < -0.3 is 5.11 Å². The molecule has 1 atom stereocenters. The van der Waals surface area contributed by atoms with E-state index >= 15 is 0 Å². The van der Waals surface area contributed by atoms with Crippen LogP contribution in [0.1, 0.15) is 42.0 Å². The van der Waals surface area contributed by atoms with Crippen molar-refractivity contribution in [3.8, 4) is 0 Å². The number of anilines is 1. The van der Waals surface area contributed by atoms with E-state index in [9.17, 15) is 9.59 Å². The van der Waals surface area contributed by atoms with Crippen LogP contribution in [0.2, 0.25) is 0 Å². The van der Waals surface area contributed by atoms with Crippen LogP contribution in [0, 0.1) is 0 Å². The average Bonchev–Trinajstić information content (AvgIpc) is 3.47. The average molecular weight is 528 g/mol. The molecule has 2 aliphatic heterocycles. The number of carboxylic acids is 1. The lowest BCUT2D eigenvalue weighted by atomic mass is 9.98. The van der Waals surface area contributed by atoms with Crippen LogP contribution in [0.4, 0.5) is 5.69 Å². The molecule has 2 heterocycles. The lowest BCUT2D eigenvalue weighted by Gasteiger charge is -2.24. The van der Waals surface area contributed by atoms with Crippen molar-refractivity contribution in [3.63, 3.8) is 0 Å². The van der Waals surface area contributed by atoms with Gasteiger partial charge in [-0.3, -0.25) is 19.5 Å². The number of carbonyl (C=O) groups is 2. The summed E-state index contributed by atoms with van der Waals surface area (Å²) in [6, 6.07) is 28.7. The molecule has 0 radical (unpaired) electrons. The van der Waals surface area contributed by atoms with Crippen LogP contribution >= 0.6 is 24.0 Å². The minimum absolute atomic E-state index is 0.00646. The van der Waals surface area contributed by atoms with E-state index in [1.54, 1.807) is 0 Å². The molecule has 3 aromatic rings. The van der Waals surface area contributed by atoms with Crippen LogP contribution in [0.5, 0.6) is 0 Å². The van der Waals surface area contributed by atoms with Crippen LogP contribution in [-0.4, -0.2) is 38.5 Å². The predicted octanol–water partition coefficient (Wildman–Crippen LogP) is 6.11. The molecule has 0 saturated carbocycles. The van der Waals surface area contributed by atoms with Crippen LogP contribution in [0.3, 0.4) is 0 Å². The molecular formula is C29H25N3O3S2. The first kappa shape index (κ1) is 24.9. The number of benzene rings is 3. The van der Waals surface area contributed by atoms with Gasteiger partial charge in [-0.05, 0) is 41.3 Å². The minimum Gasteiger partial charge on any atom is -0.481 e. The maximum absolute atomic E-state index is 12.8. The Bertz CT molecular complexity index is 1370.